The lowest BCUT2D eigenvalue weighted by atomic mass is 10.0. The van der Waals surface area contributed by atoms with Crippen LogP contribution in [0.4, 0.5) is 4.39 Å². The summed E-state index contributed by atoms with van der Waals surface area (Å²) in [7, 11) is 0. The third-order valence-corrected chi connectivity index (χ3v) is 5.08. The summed E-state index contributed by atoms with van der Waals surface area (Å²) < 4.78 is 13.3. The smallest absolute Gasteiger partial charge is 0.243 e. The largest absolute Gasteiger partial charge is 0.354 e. The van der Waals surface area contributed by atoms with Crippen molar-refractivity contribution in [1.82, 2.24) is 10.2 Å². The Bertz CT molecular complexity index is 777. The van der Waals surface area contributed by atoms with Crippen molar-refractivity contribution in [3.05, 3.63) is 71.5 Å². The van der Waals surface area contributed by atoms with Gasteiger partial charge < -0.3 is 10.2 Å². The molecule has 162 valence electrons. The Balaban J connectivity index is 2.27. The Kier molecular flexibility index (Phi) is 10.1. The highest BCUT2D eigenvalue weighted by atomic mass is 19.1. The van der Waals surface area contributed by atoms with Gasteiger partial charge in [-0.25, -0.2) is 4.39 Å². The number of carbonyl (C=O) groups excluding carboxylic acids is 2. The van der Waals surface area contributed by atoms with Gasteiger partial charge >= 0.3 is 0 Å². The minimum atomic E-state index is -0.613. The second kappa shape index (κ2) is 12.8. The normalized spacial score (nSPS) is 11.7. The van der Waals surface area contributed by atoms with Gasteiger partial charge in [0.15, 0.2) is 0 Å². The van der Waals surface area contributed by atoms with E-state index in [1.165, 1.54) is 12.1 Å². The molecule has 0 bridgehead atoms. The summed E-state index contributed by atoms with van der Waals surface area (Å²) in [4.78, 5) is 27.8. The zero-order valence-electron chi connectivity index (χ0n) is 18.1. The van der Waals surface area contributed by atoms with Crippen LogP contribution in [0.15, 0.2) is 54.6 Å². The fourth-order valence-electron chi connectivity index (χ4n) is 3.40. The molecule has 0 aromatic heterocycles. The standard InChI is InChI=1S/C25H33FN2O2/c1-3-5-9-17-27-25(30)23(18-20-11-7-6-8-12-20)28(24(29)10-4-2)19-21-13-15-22(26)16-14-21/h6-8,11-16,23H,3-5,9-10,17-19H2,1-2H3,(H,27,30)/t23-/m0/s1. The molecular formula is C25H33FN2O2. The summed E-state index contributed by atoms with van der Waals surface area (Å²) in [5.74, 6) is -0.521. The van der Waals surface area contributed by atoms with Crippen LogP contribution in [-0.2, 0) is 22.6 Å². The van der Waals surface area contributed by atoms with Crippen molar-refractivity contribution in [1.29, 1.82) is 0 Å². The molecule has 2 rings (SSSR count). The summed E-state index contributed by atoms with van der Waals surface area (Å²) in [5.41, 5.74) is 1.80. The quantitative estimate of drug-likeness (QED) is 0.506. The van der Waals surface area contributed by atoms with Crippen LogP contribution in [0.2, 0.25) is 0 Å². The lowest BCUT2D eigenvalue weighted by Gasteiger charge is -2.31. The molecule has 0 saturated heterocycles. The third-order valence-electron chi connectivity index (χ3n) is 5.08. The van der Waals surface area contributed by atoms with Gasteiger partial charge in [0.05, 0.1) is 0 Å². The monoisotopic (exact) mass is 412 g/mol. The zero-order valence-corrected chi connectivity index (χ0v) is 18.1. The number of carbonyl (C=O) groups is 2. The molecule has 2 aromatic carbocycles. The van der Waals surface area contributed by atoms with E-state index < -0.39 is 6.04 Å². The highest BCUT2D eigenvalue weighted by molar-refractivity contribution is 5.88. The molecule has 0 aliphatic rings. The van der Waals surface area contributed by atoms with Gasteiger partial charge in [-0.15, -0.1) is 0 Å². The molecule has 0 aliphatic heterocycles. The molecule has 0 aliphatic carbocycles. The number of halogens is 1. The van der Waals surface area contributed by atoms with E-state index in [1.807, 2.05) is 37.3 Å². The topological polar surface area (TPSA) is 49.4 Å². The molecule has 2 amide bonds. The van der Waals surface area contributed by atoms with Gasteiger partial charge in [0.2, 0.25) is 11.8 Å². The van der Waals surface area contributed by atoms with Crippen LogP contribution in [0, 0.1) is 5.82 Å². The van der Waals surface area contributed by atoms with Crippen molar-refractivity contribution in [2.45, 2.75) is 65.0 Å². The minimum Gasteiger partial charge on any atom is -0.354 e. The number of amides is 2. The molecular weight excluding hydrogens is 379 g/mol. The van der Waals surface area contributed by atoms with Crippen molar-refractivity contribution >= 4 is 11.8 Å². The molecule has 0 radical (unpaired) electrons. The summed E-state index contributed by atoms with van der Waals surface area (Å²) >= 11 is 0. The predicted octanol–water partition coefficient (Wildman–Crippen LogP) is 4.87. The summed E-state index contributed by atoms with van der Waals surface area (Å²) in [6.45, 7) is 4.95. The van der Waals surface area contributed by atoms with Crippen molar-refractivity contribution in [3.63, 3.8) is 0 Å². The van der Waals surface area contributed by atoms with Gasteiger partial charge in [-0.3, -0.25) is 9.59 Å². The van der Waals surface area contributed by atoms with E-state index in [1.54, 1.807) is 17.0 Å². The molecule has 5 heteroatoms. The van der Waals surface area contributed by atoms with Gasteiger partial charge in [-0.1, -0.05) is 69.2 Å². The van der Waals surface area contributed by atoms with Crippen LogP contribution in [0.25, 0.3) is 0 Å². The molecule has 30 heavy (non-hydrogen) atoms. The number of unbranched alkanes of at least 4 members (excludes halogenated alkanes) is 2. The molecule has 0 spiro atoms. The van der Waals surface area contributed by atoms with E-state index in [0.29, 0.717) is 25.8 Å². The molecule has 0 saturated carbocycles. The minimum absolute atomic E-state index is 0.0635. The average molecular weight is 413 g/mol. The Morgan fingerprint density at radius 3 is 2.27 bits per heavy atom. The second-order valence-corrected chi connectivity index (χ2v) is 7.60. The summed E-state index contributed by atoms with van der Waals surface area (Å²) in [5, 5.41) is 3.02. The maximum absolute atomic E-state index is 13.3. The van der Waals surface area contributed by atoms with Crippen molar-refractivity contribution in [2.75, 3.05) is 6.54 Å². The Labute approximate surface area is 179 Å². The number of benzene rings is 2. The number of hydrogen-bond acceptors (Lipinski definition) is 2. The molecule has 2 aromatic rings. The highest BCUT2D eigenvalue weighted by Crippen LogP contribution is 2.17. The Morgan fingerprint density at radius 1 is 0.933 bits per heavy atom. The van der Waals surface area contributed by atoms with E-state index in [9.17, 15) is 14.0 Å². The van der Waals surface area contributed by atoms with Crippen LogP contribution in [0.1, 0.15) is 57.1 Å². The van der Waals surface area contributed by atoms with E-state index in [2.05, 4.69) is 12.2 Å². The second-order valence-electron chi connectivity index (χ2n) is 7.60. The first-order chi connectivity index (χ1) is 14.5. The highest BCUT2D eigenvalue weighted by Gasteiger charge is 2.29. The number of nitrogens with zero attached hydrogens (tertiary/aromatic N) is 1. The van der Waals surface area contributed by atoms with Crippen LogP contribution >= 0.6 is 0 Å². The Hall–Kier alpha value is -2.69. The van der Waals surface area contributed by atoms with Gasteiger partial charge in [-0.05, 0) is 36.1 Å². The fourth-order valence-corrected chi connectivity index (χ4v) is 3.40. The first-order valence-electron chi connectivity index (χ1n) is 10.9. The van der Waals surface area contributed by atoms with Crippen LogP contribution in [-0.4, -0.2) is 29.3 Å². The number of rotatable bonds is 12. The van der Waals surface area contributed by atoms with Crippen LogP contribution < -0.4 is 5.32 Å². The van der Waals surface area contributed by atoms with Crippen molar-refractivity contribution < 1.29 is 14.0 Å². The van der Waals surface area contributed by atoms with Gasteiger partial charge in [0.1, 0.15) is 11.9 Å². The van der Waals surface area contributed by atoms with Gasteiger partial charge in [0.25, 0.3) is 0 Å². The number of nitrogens with one attached hydrogen (secondary N) is 1. The SMILES string of the molecule is CCCCCNC(=O)[C@H](Cc1ccccc1)N(Cc1ccc(F)cc1)C(=O)CCC. The zero-order chi connectivity index (χ0) is 21.8. The Morgan fingerprint density at radius 2 is 1.63 bits per heavy atom. The molecule has 1 N–H and O–H groups in total. The van der Waals surface area contributed by atoms with Gasteiger partial charge in [-0.2, -0.15) is 0 Å². The molecule has 1 atom stereocenters. The maximum atomic E-state index is 13.3. The number of hydrogen-bond donors (Lipinski definition) is 1. The summed E-state index contributed by atoms with van der Waals surface area (Å²) in [6.07, 6.45) is 4.56. The molecule has 4 nitrogen and oxygen atoms in total. The van der Waals surface area contributed by atoms with E-state index in [0.717, 1.165) is 30.4 Å². The third kappa shape index (κ3) is 7.62. The molecule has 0 fully saturated rings. The first-order valence-corrected chi connectivity index (χ1v) is 10.9. The van der Waals surface area contributed by atoms with E-state index in [4.69, 9.17) is 0 Å². The molecule has 0 unspecified atom stereocenters. The first kappa shape index (κ1) is 23.6. The van der Waals surface area contributed by atoms with Crippen molar-refractivity contribution in [2.24, 2.45) is 0 Å². The predicted molar refractivity (Wildman–Crippen MR) is 118 cm³/mol. The van der Waals surface area contributed by atoms with E-state index >= 15 is 0 Å². The van der Waals surface area contributed by atoms with Gasteiger partial charge in [0, 0.05) is 25.9 Å². The summed E-state index contributed by atoms with van der Waals surface area (Å²) in [6, 6.07) is 15.2. The lowest BCUT2D eigenvalue weighted by Crippen LogP contribution is -2.50. The van der Waals surface area contributed by atoms with Crippen LogP contribution in [0.3, 0.4) is 0 Å². The fraction of sp³-hybridized carbons (Fsp3) is 0.440. The van der Waals surface area contributed by atoms with E-state index in [-0.39, 0.29) is 24.2 Å². The van der Waals surface area contributed by atoms with Crippen LogP contribution in [0.5, 0.6) is 0 Å². The maximum Gasteiger partial charge on any atom is 0.243 e. The molecule has 0 heterocycles. The van der Waals surface area contributed by atoms with Crippen molar-refractivity contribution in [3.8, 4) is 0 Å². The average Bonchev–Trinajstić information content (AvgIpc) is 2.75. The lowest BCUT2D eigenvalue weighted by molar-refractivity contribution is -0.141.